The van der Waals surface area contributed by atoms with Crippen LogP contribution in [0.25, 0.3) is 0 Å². The van der Waals surface area contributed by atoms with Crippen molar-refractivity contribution in [3.05, 3.63) is 59.7 Å². The first-order valence-corrected chi connectivity index (χ1v) is 13.3. The molecule has 33 heavy (non-hydrogen) atoms. The highest BCUT2D eigenvalue weighted by Gasteiger charge is 2.35. The minimum atomic E-state index is -3.15. The molecule has 1 heterocycles. The van der Waals surface area contributed by atoms with E-state index in [1.807, 2.05) is 19.9 Å². The lowest BCUT2D eigenvalue weighted by molar-refractivity contribution is -0.137. The van der Waals surface area contributed by atoms with Crippen molar-refractivity contribution in [1.29, 1.82) is 5.26 Å². The molecule has 1 amide bonds. The predicted molar refractivity (Wildman–Crippen MR) is 126 cm³/mol. The summed E-state index contributed by atoms with van der Waals surface area (Å²) in [5.41, 5.74) is 0.790. The molecule has 174 valence electrons. The normalized spacial score (nSPS) is 16.8. The summed E-state index contributed by atoms with van der Waals surface area (Å²) >= 11 is 1.28. The van der Waals surface area contributed by atoms with Crippen molar-refractivity contribution in [1.82, 2.24) is 4.90 Å². The van der Waals surface area contributed by atoms with E-state index >= 15 is 0 Å². The van der Waals surface area contributed by atoms with Crippen molar-refractivity contribution in [2.45, 2.75) is 36.1 Å². The third kappa shape index (κ3) is 6.59. The molecule has 0 aliphatic carbocycles. The fourth-order valence-electron chi connectivity index (χ4n) is 3.65. The molecule has 9 heteroatoms. The molecule has 1 aliphatic heterocycles. The maximum absolute atomic E-state index is 12.9. The second kappa shape index (κ2) is 10.9. The van der Waals surface area contributed by atoms with Crippen molar-refractivity contribution < 1.29 is 22.7 Å². The van der Waals surface area contributed by atoms with Crippen LogP contribution in [0.15, 0.2) is 58.3 Å². The van der Waals surface area contributed by atoms with Crippen LogP contribution in [0.4, 0.5) is 0 Å². The second-order valence-corrected chi connectivity index (χ2v) is 11.6. The van der Waals surface area contributed by atoms with Gasteiger partial charge in [-0.25, -0.2) is 13.2 Å². The third-order valence-corrected chi connectivity index (χ3v) is 8.09. The SMILES string of the molecule is CC(C)CN(C(=O)COC(=O)c1ccccc1Sc1ccccc1C#N)[C@H]1CCS(=O)(=O)C1. The Morgan fingerprint density at radius 2 is 1.82 bits per heavy atom. The van der Waals surface area contributed by atoms with Gasteiger partial charge in [0.05, 0.1) is 22.6 Å². The number of sulfone groups is 1. The van der Waals surface area contributed by atoms with Gasteiger partial charge in [-0.15, -0.1) is 0 Å². The first-order valence-electron chi connectivity index (χ1n) is 10.6. The molecule has 0 bridgehead atoms. The molecule has 7 nitrogen and oxygen atoms in total. The zero-order valence-corrected chi connectivity index (χ0v) is 20.2. The summed E-state index contributed by atoms with van der Waals surface area (Å²) in [7, 11) is -3.15. The minimum Gasteiger partial charge on any atom is -0.452 e. The van der Waals surface area contributed by atoms with Crippen LogP contribution in [-0.2, 0) is 19.4 Å². The Kier molecular flexibility index (Phi) is 8.16. The maximum atomic E-state index is 12.9. The molecule has 0 N–H and O–H groups in total. The molecule has 2 aromatic carbocycles. The summed E-state index contributed by atoms with van der Waals surface area (Å²) < 4.78 is 29.1. The number of esters is 1. The largest absolute Gasteiger partial charge is 0.452 e. The van der Waals surface area contributed by atoms with E-state index < -0.39 is 34.4 Å². The molecular weight excluding hydrogens is 460 g/mol. The Morgan fingerprint density at radius 3 is 2.45 bits per heavy atom. The van der Waals surface area contributed by atoms with E-state index in [0.29, 0.717) is 33.9 Å². The van der Waals surface area contributed by atoms with Gasteiger partial charge in [-0.05, 0) is 36.6 Å². The van der Waals surface area contributed by atoms with Crippen LogP contribution in [-0.4, -0.2) is 55.9 Å². The van der Waals surface area contributed by atoms with Gasteiger partial charge < -0.3 is 9.64 Å². The molecule has 1 aliphatic rings. The van der Waals surface area contributed by atoms with Crippen LogP contribution in [0.1, 0.15) is 36.2 Å². The van der Waals surface area contributed by atoms with Gasteiger partial charge in [-0.3, -0.25) is 4.79 Å². The number of hydrogen-bond donors (Lipinski definition) is 0. The Hall–Kier alpha value is -2.83. The fraction of sp³-hybridized carbons (Fsp3) is 0.375. The maximum Gasteiger partial charge on any atom is 0.339 e. The van der Waals surface area contributed by atoms with Gasteiger partial charge in [0.25, 0.3) is 5.91 Å². The lowest BCUT2D eigenvalue weighted by Gasteiger charge is -2.29. The zero-order chi connectivity index (χ0) is 24.0. The first kappa shape index (κ1) is 24.8. The number of rotatable bonds is 8. The van der Waals surface area contributed by atoms with Crippen molar-refractivity contribution >= 4 is 33.5 Å². The van der Waals surface area contributed by atoms with Crippen molar-refractivity contribution in [3.63, 3.8) is 0 Å². The summed E-state index contributed by atoms with van der Waals surface area (Å²) in [6.07, 6.45) is 0.395. The molecule has 2 aromatic rings. The molecule has 1 saturated heterocycles. The standard InChI is InChI=1S/C24H26N2O5S2/c1-17(2)14-26(19-11-12-33(29,30)16-19)23(27)15-31-24(28)20-8-4-6-10-22(20)32-21-9-5-3-7-18(21)13-25/h3-10,17,19H,11-12,14-16H2,1-2H3/t19-/m0/s1. The Labute approximate surface area is 198 Å². The van der Waals surface area contributed by atoms with Gasteiger partial charge >= 0.3 is 5.97 Å². The van der Waals surface area contributed by atoms with E-state index in [1.54, 1.807) is 42.5 Å². The number of benzene rings is 2. The molecular formula is C24H26N2O5S2. The third-order valence-electron chi connectivity index (χ3n) is 5.19. The summed E-state index contributed by atoms with van der Waals surface area (Å²) in [5, 5.41) is 9.32. The Morgan fingerprint density at radius 1 is 1.15 bits per heavy atom. The van der Waals surface area contributed by atoms with Crippen LogP contribution >= 0.6 is 11.8 Å². The monoisotopic (exact) mass is 486 g/mol. The topological polar surface area (TPSA) is 105 Å². The lowest BCUT2D eigenvalue weighted by atomic mass is 10.1. The van der Waals surface area contributed by atoms with Crippen molar-refractivity contribution in [2.75, 3.05) is 24.7 Å². The molecule has 0 aromatic heterocycles. The highest BCUT2D eigenvalue weighted by Crippen LogP contribution is 2.33. The predicted octanol–water partition coefficient (Wildman–Crippen LogP) is 3.54. The summed E-state index contributed by atoms with van der Waals surface area (Å²) in [6, 6.07) is 15.7. The van der Waals surface area contributed by atoms with E-state index in [4.69, 9.17) is 4.74 Å². The van der Waals surface area contributed by atoms with E-state index in [0.717, 1.165) is 0 Å². The number of ether oxygens (including phenoxy) is 1. The van der Waals surface area contributed by atoms with Gasteiger partial charge in [-0.2, -0.15) is 5.26 Å². The van der Waals surface area contributed by atoms with E-state index in [2.05, 4.69) is 6.07 Å². The van der Waals surface area contributed by atoms with Crippen molar-refractivity contribution in [3.8, 4) is 6.07 Å². The van der Waals surface area contributed by atoms with Gasteiger partial charge in [-0.1, -0.05) is 49.9 Å². The average molecular weight is 487 g/mol. The number of hydrogen-bond acceptors (Lipinski definition) is 7. The number of nitriles is 1. The average Bonchev–Trinajstić information content (AvgIpc) is 3.15. The first-order chi connectivity index (χ1) is 15.7. The summed E-state index contributed by atoms with van der Waals surface area (Å²) in [5.74, 6) is -0.903. The molecule has 3 rings (SSSR count). The smallest absolute Gasteiger partial charge is 0.339 e. The molecule has 0 spiro atoms. The molecule has 1 fully saturated rings. The van der Waals surface area contributed by atoms with Gasteiger partial charge in [0.2, 0.25) is 0 Å². The Bertz CT molecular complexity index is 1170. The zero-order valence-electron chi connectivity index (χ0n) is 18.6. The number of carbonyl (C=O) groups is 2. The van der Waals surface area contributed by atoms with Crippen LogP contribution in [0.3, 0.4) is 0 Å². The molecule has 0 unspecified atom stereocenters. The summed E-state index contributed by atoms with van der Waals surface area (Å²) in [6.45, 7) is 3.83. The van der Waals surface area contributed by atoms with Crippen LogP contribution in [0, 0.1) is 17.2 Å². The molecule has 0 radical (unpaired) electrons. The minimum absolute atomic E-state index is 0.0584. The number of nitrogens with zero attached hydrogens (tertiary/aromatic N) is 2. The van der Waals surface area contributed by atoms with E-state index in [1.165, 1.54) is 16.7 Å². The fourth-order valence-corrected chi connectivity index (χ4v) is 6.39. The van der Waals surface area contributed by atoms with Gasteiger partial charge in [0, 0.05) is 22.4 Å². The highest BCUT2D eigenvalue weighted by molar-refractivity contribution is 7.99. The quantitative estimate of drug-likeness (QED) is 0.526. The Balaban J connectivity index is 1.71. The molecule has 1 atom stereocenters. The highest BCUT2D eigenvalue weighted by atomic mass is 32.2. The van der Waals surface area contributed by atoms with Gasteiger partial charge in [0.1, 0.15) is 6.07 Å². The van der Waals surface area contributed by atoms with Crippen LogP contribution in [0.5, 0.6) is 0 Å². The molecule has 0 saturated carbocycles. The van der Waals surface area contributed by atoms with Crippen LogP contribution < -0.4 is 0 Å². The second-order valence-electron chi connectivity index (χ2n) is 8.28. The summed E-state index contributed by atoms with van der Waals surface area (Å²) in [4.78, 5) is 28.6. The van der Waals surface area contributed by atoms with E-state index in [9.17, 15) is 23.3 Å². The van der Waals surface area contributed by atoms with E-state index in [-0.39, 0.29) is 17.4 Å². The van der Waals surface area contributed by atoms with Crippen molar-refractivity contribution in [2.24, 2.45) is 5.92 Å². The van der Waals surface area contributed by atoms with Gasteiger partial charge in [0.15, 0.2) is 16.4 Å². The number of amides is 1. The number of carbonyl (C=O) groups excluding carboxylic acids is 2. The lowest BCUT2D eigenvalue weighted by Crippen LogP contribution is -2.45. The van der Waals surface area contributed by atoms with Crippen LogP contribution in [0.2, 0.25) is 0 Å².